The molecular weight excluding hydrogens is 175 g/mol. The predicted octanol–water partition coefficient (Wildman–Crippen LogP) is 2.74. The van der Waals surface area contributed by atoms with E-state index < -0.39 is 0 Å². The van der Waals surface area contributed by atoms with E-state index in [4.69, 9.17) is 9.31 Å². The second-order valence-corrected chi connectivity index (χ2v) is 4.62. The molecule has 2 aliphatic rings. The lowest BCUT2D eigenvalue weighted by molar-refractivity contribution is 0.193. The van der Waals surface area contributed by atoms with Crippen LogP contribution in [0.15, 0.2) is 0 Å². The molecule has 2 aliphatic carbocycles. The molecule has 3 atom stereocenters. The van der Waals surface area contributed by atoms with Gasteiger partial charge in [0, 0.05) is 13.2 Å². The molecular formula is C11H21BO2. The van der Waals surface area contributed by atoms with E-state index >= 15 is 0 Å². The molecule has 0 heterocycles. The van der Waals surface area contributed by atoms with E-state index in [1.54, 1.807) is 0 Å². The maximum absolute atomic E-state index is 5.70. The molecule has 0 aromatic rings. The van der Waals surface area contributed by atoms with Gasteiger partial charge in [-0.15, -0.1) is 0 Å². The minimum absolute atomic E-state index is 0.0836. The van der Waals surface area contributed by atoms with Crippen LogP contribution < -0.4 is 0 Å². The van der Waals surface area contributed by atoms with E-state index in [0.717, 1.165) is 25.0 Å². The van der Waals surface area contributed by atoms with Gasteiger partial charge in [0.15, 0.2) is 0 Å². The van der Waals surface area contributed by atoms with Crippen LogP contribution in [0.1, 0.15) is 39.5 Å². The van der Waals surface area contributed by atoms with Crippen molar-refractivity contribution in [1.29, 1.82) is 0 Å². The molecule has 0 radical (unpaired) electrons. The van der Waals surface area contributed by atoms with E-state index in [0.29, 0.717) is 5.82 Å². The lowest BCUT2D eigenvalue weighted by Crippen LogP contribution is -2.32. The smallest absolute Gasteiger partial charge is 0.411 e. The zero-order valence-corrected chi connectivity index (χ0v) is 9.37. The van der Waals surface area contributed by atoms with Crippen LogP contribution in [-0.2, 0) is 9.31 Å². The second kappa shape index (κ2) is 4.67. The fourth-order valence-corrected chi connectivity index (χ4v) is 3.25. The summed E-state index contributed by atoms with van der Waals surface area (Å²) in [6, 6.07) is 0. The standard InChI is InChI=1S/C11H21BO2/c1-3-13-12(14-4-2)11-8-9-5-6-10(11)7-9/h9-11H,3-8H2,1-2H3. The highest BCUT2D eigenvalue weighted by Crippen LogP contribution is 2.52. The van der Waals surface area contributed by atoms with Gasteiger partial charge in [-0.3, -0.25) is 0 Å². The first-order valence-electron chi connectivity index (χ1n) is 6.08. The van der Waals surface area contributed by atoms with E-state index in [1.807, 2.05) is 0 Å². The molecule has 2 nitrogen and oxygen atoms in total. The van der Waals surface area contributed by atoms with E-state index in [9.17, 15) is 0 Å². The number of hydrogen-bond donors (Lipinski definition) is 0. The zero-order chi connectivity index (χ0) is 9.97. The third-order valence-corrected chi connectivity index (χ3v) is 3.80. The highest BCUT2D eigenvalue weighted by atomic mass is 16.6. The summed E-state index contributed by atoms with van der Waals surface area (Å²) in [6.07, 6.45) is 5.63. The van der Waals surface area contributed by atoms with E-state index in [2.05, 4.69) is 13.8 Å². The van der Waals surface area contributed by atoms with Gasteiger partial charge >= 0.3 is 7.12 Å². The van der Waals surface area contributed by atoms with E-state index in [-0.39, 0.29) is 7.12 Å². The van der Waals surface area contributed by atoms with Gasteiger partial charge in [0.25, 0.3) is 0 Å². The lowest BCUT2D eigenvalue weighted by atomic mass is 9.63. The number of rotatable bonds is 5. The number of fused-ring (bicyclic) bond motifs is 2. The first kappa shape index (κ1) is 10.5. The van der Waals surface area contributed by atoms with Crippen molar-refractivity contribution in [3.05, 3.63) is 0 Å². The summed E-state index contributed by atoms with van der Waals surface area (Å²) in [4.78, 5) is 0. The summed E-state index contributed by atoms with van der Waals surface area (Å²) < 4.78 is 11.4. The molecule has 2 bridgehead atoms. The molecule has 3 unspecified atom stereocenters. The van der Waals surface area contributed by atoms with E-state index in [1.165, 1.54) is 25.7 Å². The molecule has 3 heteroatoms. The third-order valence-electron chi connectivity index (χ3n) is 3.80. The Hall–Kier alpha value is -0.0151. The molecule has 2 saturated carbocycles. The molecule has 0 aromatic heterocycles. The fourth-order valence-electron chi connectivity index (χ4n) is 3.25. The first-order valence-corrected chi connectivity index (χ1v) is 6.08. The molecule has 0 spiro atoms. The SMILES string of the molecule is CCOB(OCC)C1CC2CCC1C2. The fraction of sp³-hybridized carbons (Fsp3) is 1.00. The van der Waals surface area contributed by atoms with Gasteiger partial charge in [-0.2, -0.15) is 0 Å². The third kappa shape index (κ3) is 1.99. The molecule has 80 valence electrons. The van der Waals surface area contributed by atoms with Gasteiger partial charge in [-0.1, -0.05) is 12.8 Å². The Labute approximate surface area is 87.5 Å². The maximum Gasteiger partial charge on any atom is 0.460 e. The van der Waals surface area contributed by atoms with Gasteiger partial charge in [-0.25, -0.2) is 0 Å². The molecule has 0 amide bonds. The summed E-state index contributed by atoms with van der Waals surface area (Å²) in [6.45, 7) is 5.66. The Morgan fingerprint density at radius 1 is 1.07 bits per heavy atom. The topological polar surface area (TPSA) is 18.5 Å². The monoisotopic (exact) mass is 196 g/mol. The van der Waals surface area contributed by atoms with Crippen LogP contribution in [0.3, 0.4) is 0 Å². The summed E-state index contributed by atoms with van der Waals surface area (Å²) in [7, 11) is 0.0836. The van der Waals surface area contributed by atoms with Gasteiger partial charge in [0.1, 0.15) is 0 Å². The lowest BCUT2D eigenvalue weighted by Gasteiger charge is -2.26. The molecule has 0 aromatic carbocycles. The maximum atomic E-state index is 5.70. The average Bonchev–Trinajstić information content (AvgIpc) is 2.78. The Morgan fingerprint density at radius 3 is 2.21 bits per heavy atom. The van der Waals surface area contributed by atoms with Gasteiger partial charge in [0.2, 0.25) is 0 Å². The average molecular weight is 196 g/mol. The second-order valence-electron chi connectivity index (χ2n) is 4.62. The van der Waals surface area contributed by atoms with Gasteiger partial charge in [0.05, 0.1) is 0 Å². The minimum Gasteiger partial charge on any atom is -0.411 e. The van der Waals surface area contributed by atoms with Crippen molar-refractivity contribution in [3.8, 4) is 0 Å². The van der Waals surface area contributed by atoms with Gasteiger partial charge in [-0.05, 0) is 44.3 Å². The van der Waals surface area contributed by atoms with Crippen molar-refractivity contribution < 1.29 is 9.31 Å². The van der Waals surface area contributed by atoms with Crippen LogP contribution in [0.4, 0.5) is 0 Å². The minimum atomic E-state index is 0.0836. The quantitative estimate of drug-likeness (QED) is 0.629. The first-order chi connectivity index (χ1) is 6.85. The van der Waals surface area contributed by atoms with Crippen molar-refractivity contribution >= 4 is 7.12 Å². The highest BCUT2D eigenvalue weighted by molar-refractivity contribution is 6.46. The largest absolute Gasteiger partial charge is 0.460 e. The molecule has 0 saturated heterocycles. The van der Waals surface area contributed by atoms with Crippen LogP contribution in [0, 0.1) is 11.8 Å². The summed E-state index contributed by atoms with van der Waals surface area (Å²) >= 11 is 0. The van der Waals surface area contributed by atoms with Crippen molar-refractivity contribution in [2.24, 2.45) is 11.8 Å². The van der Waals surface area contributed by atoms with Crippen molar-refractivity contribution in [3.63, 3.8) is 0 Å². The molecule has 14 heavy (non-hydrogen) atoms. The predicted molar refractivity (Wildman–Crippen MR) is 58.2 cm³/mol. The van der Waals surface area contributed by atoms with Crippen LogP contribution in [0.2, 0.25) is 5.82 Å². The molecule has 0 N–H and O–H groups in total. The van der Waals surface area contributed by atoms with Crippen molar-refractivity contribution in [2.45, 2.75) is 45.3 Å². The normalized spacial score (nSPS) is 35.1. The Morgan fingerprint density at radius 2 is 1.79 bits per heavy atom. The van der Waals surface area contributed by atoms with Crippen molar-refractivity contribution in [1.82, 2.24) is 0 Å². The summed E-state index contributed by atoms with van der Waals surface area (Å²) in [5.74, 6) is 2.56. The highest BCUT2D eigenvalue weighted by Gasteiger charge is 2.46. The Balaban J connectivity index is 1.90. The zero-order valence-electron chi connectivity index (χ0n) is 9.37. The van der Waals surface area contributed by atoms with Crippen LogP contribution in [0.25, 0.3) is 0 Å². The van der Waals surface area contributed by atoms with Crippen LogP contribution in [0.5, 0.6) is 0 Å². The Kier molecular flexibility index (Phi) is 3.50. The molecule has 0 aliphatic heterocycles. The summed E-state index contributed by atoms with van der Waals surface area (Å²) in [5, 5.41) is 0. The Bertz CT molecular complexity index is 180. The number of hydrogen-bond acceptors (Lipinski definition) is 2. The van der Waals surface area contributed by atoms with Crippen LogP contribution in [-0.4, -0.2) is 20.3 Å². The van der Waals surface area contributed by atoms with Crippen LogP contribution >= 0.6 is 0 Å². The molecule has 2 rings (SSSR count). The van der Waals surface area contributed by atoms with Gasteiger partial charge < -0.3 is 9.31 Å². The molecule has 2 fully saturated rings. The van der Waals surface area contributed by atoms with Crippen molar-refractivity contribution in [2.75, 3.05) is 13.2 Å². The summed E-state index contributed by atoms with van der Waals surface area (Å²) in [5.41, 5.74) is 0.